The molecule has 2 aliphatic heterocycles. The zero-order valence-corrected chi connectivity index (χ0v) is 23.6. The first-order valence-electron chi connectivity index (χ1n) is 13.1. The van der Waals surface area contributed by atoms with Crippen molar-refractivity contribution in [3.63, 3.8) is 0 Å². The van der Waals surface area contributed by atoms with Gasteiger partial charge >= 0.3 is 28.1 Å². The molecule has 1 saturated heterocycles. The van der Waals surface area contributed by atoms with Crippen molar-refractivity contribution in [2.75, 3.05) is 6.61 Å². The number of esters is 3. The zero-order chi connectivity index (χ0) is 31.3. The lowest BCUT2D eigenvalue weighted by molar-refractivity contribution is -0.0632. The minimum atomic E-state index is -4.63. The number of hydrogen-bond acceptors (Lipinski definition) is 11. The molecule has 2 heterocycles. The molecular weight excluding hydrogens is 592 g/mol. The Hall–Kier alpha value is -5.52. The molecule has 0 aromatic heterocycles. The molecule has 2 aliphatic rings. The molecule has 0 aliphatic carbocycles. The topological polar surface area (TPSA) is 188 Å². The number of amidine groups is 1. The number of rotatable bonds is 8. The molecule has 0 radical (unpaired) electrons. The average Bonchev–Trinajstić information content (AvgIpc) is 3.36. The normalized spacial score (nSPS) is 22.1. The fourth-order valence-corrected chi connectivity index (χ4v) is 5.55. The Morgan fingerprint density at radius 3 is 1.80 bits per heavy atom. The van der Waals surface area contributed by atoms with Crippen LogP contribution in [-0.2, 0) is 29.2 Å². The number of nitriles is 1. The molecule has 0 bridgehead atoms. The van der Waals surface area contributed by atoms with Gasteiger partial charge in [-0.05, 0) is 36.4 Å². The molecule has 3 aromatic carbocycles. The van der Waals surface area contributed by atoms with Crippen LogP contribution in [-0.4, -0.2) is 67.6 Å². The summed E-state index contributed by atoms with van der Waals surface area (Å²) < 4.78 is 53.2. The monoisotopic (exact) mass is 616 g/mol. The maximum Gasteiger partial charge on any atom is 0.348 e. The Morgan fingerprint density at radius 2 is 1.30 bits per heavy atom. The minimum absolute atomic E-state index is 0.107. The Kier molecular flexibility index (Phi) is 8.70. The molecule has 1 fully saturated rings. The van der Waals surface area contributed by atoms with Crippen molar-refractivity contribution < 1.29 is 41.7 Å². The number of carbonyl (C=O) groups is 3. The zero-order valence-electron chi connectivity index (χ0n) is 22.8. The van der Waals surface area contributed by atoms with Gasteiger partial charge in [-0.15, -0.1) is 4.40 Å². The van der Waals surface area contributed by atoms with Crippen LogP contribution in [0.4, 0.5) is 0 Å². The lowest BCUT2D eigenvalue weighted by Crippen LogP contribution is -2.49. The van der Waals surface area contributed by atoms with Gasteiger partial charge in [-0.1, -0.05) is 54.6 Å². The lowest BCUT2D eigenvalue weighted by Gasteiger charge is -2.30. The molecule has 5 rings (SSSR count). The standard InChI is InChI=1S/C30H24N4O9S/c31-16-22-17-34(44(38,39)33-26(22)32)27-25(43-30(37)21-14-8-3-9-15-21)24(42-29(36)20-12-6-2-7-13-20)23(41-27)18-40-28(35)19-10-4-1-5-11-19/h1-15,17,23-25,27H,18H2,(H2,32,33)/t23-,24-,25-,27-/m1/s1. The number of hydrogen-bond donors (Lipinski definition) is 1. The van der Waals surface area contributed by atoms with Crippen LogP contribution in [0.3, 0.4) is 0 Å². The van der Waals surface area contributed by atoms with E-state index < -0.39 is 65.1 Å². The highest BCUT2D eigenvalue weighted by Gasteiger charge is 2.55. The van der Waals surface area contributed by atoms with Crippen molar-refractivity contribution in [1.29, 1.82) is 5.26 Å². The second-order valence-electron chi connectivity index (χ2n) is 9.44. The highest BCUT2D eigenvalue weighted by atomic mass is 32.2. The van der Waals surface area contributed by atoms with Crippen molar-refractivity contribution in [3.8, 4) is 6.07 Å². The summed E-state index contributed by atoms with van der Waals surface area (Å²) in [6, 6.07) is 25.4. The summed E-state index contributed by atoms with van der Waals surface area (Å²) in [6.45, 7) is -0.537. The SMILES string of the molecule is N#CC1=CN([C@@H]2O[C@H](COC(=O)c3ccccc3)[C@@H](OC(=O)c3ccccc3)[C@H]2OC(=O)c2ccccc2)S(=O)(=O)N=C1N. The number of benzene rings is 3. The molecule has 44 heavy (non-hydrogen) atoms. The van der Waals surface area contributed by atoms with E-state index in [1.807, 2.05) is 0 Å². The molecule has 0 saturated carbocycles. The summed E-state index contributed by atoms with van der Waals surface area (Å²) in [4.78, 5) is 39.2. The Balaban J connectivity index is 1.53. The maximum absolute atomic E-state index is 13.2. The molecule has 224 valence electrons. The third-order valence-corrected chi connectivity index (χ3v) is 7.84. The van der Waals surface area contributed by atoms with Crippen LogP contribution >= 0.6 is 0 Å². The van der Waals surface area contributed by atoms with Crippen molar-refractivity contribution in [1.82, 2.24) is 4.31 Å². The average molecular weight is 617 g/mol. The highest BCUT2D eigenvalue weighted by molar-refractivity contribution is 7.88. The molecule has 2 N–H and O–H groups in total. The summed E-state index contributed by atoms with van der Waals surface area (Å²) in [7, 11) is -4.63. The van der Waals surface area contributed by atoms with E-state index in [1.165, 1.54) is 36.4 Å². The van der Waals surface area contributed by atoms with Gasteiger partial charge in [0, 0.05) is 6.20 Å². The van der Waals surface area contributed by atoms with Crippen molar-refractivity contribution in [2.24, 2.45) is 10.1 Å². The van der Waals surface area contributed by atoms with Gasteiger partial charge < -0.3 is 24.7 Å². The predicted molar refractivity (Wildman–Crippen MR) is 153 cm³/mol. The fourth-order valence-electron chi connectivity index (χ4n) is 4.43. The molecular formula is C30H24N4O9S. The Morgan fingerprint density at radius 1 is 0.818 bits per heavy atom. The van der Waals surface area contributed by atoms with E-state index in [0.29, 0.717) is 4.31 Å². The quantitative estimate of drug-likeness (QED) is 0.289. The van der Waals surface area contributed by atoms with E-state index in [1.54, 1.807) is 60.7 Å². The summed E-state index contributed by atoms with van der Waals surface area (Å²) in [5.74, 6) is -3.04. The van der Waals surface area contributed by atoms with Crippen molar-refractivity contribution in [3.05, 3.63) is 119 Å². The van der Waals surface area contributed by atoms with Gasteiger partial charge in [0.2, 0.25) is 0 Å². The molecule has 4 atom stereocenters. The van der Waals surface area contributed by atoms with Gasteiger partial charge in [-0.3, -0.25) is 0 Å². The van der Waals surface area contributed by atoms with Crippen molar-refractivity contribution >= 4 is 34.0 Å². The molecule has 0 unspecified atom stereocenters. The van der Waals surface area contributed by atoms with Crippen LogP contribution in [0.1, 0.15) is 31.1 Å². The Bertz CT molecular complexity index is 1760. The van der Waals surface area contributed by atoms with Crippen molar-refractivity contribution in [2.45, 2.75) is 24.5 Å². The summed E-state index contributed by atoms with van der Waals surface area (Å²) in [5.41, 5.74) is 5.79. The van der Waals surface area contributed by atoms with Gasteiger partial charge in [0.25, 0.3) is 0 Å². The summed E-state index contributed by atoms with van der Waals surface area (Å²) in [6.07, 6.45) is -5.31. The van der Waals surface area contributed by atoms with E-state index in [2.05, 4.69) is 4.40 Å². The third-order valence-electron chi connectivity index (χ3n) is 6.56. The van der Waals surface area contributed by atoms with Gasteiger partial charge in [-0.25, -0.2) is 18.7 Å². The predicted octanol–water partition coefficient (Wildman–Crippen LogP) is 2.34. The van der Waals surface area contributed by atoms with Gasteiger partial charge in [0.1, 0.15) is 24.4 Å². The number of ether oxygens (including phenoxy) is 4. The summed E-state index contributed by atoms with van der Waals surface area (Å²) in [5, 5.41) is 9.50. The first-order chi connectivity index (χ1) is 21.2. The molecule has 0 spiro atoms. The minimum Gasteiger partial charge on any atom is -0.459 e. The fraction of sp³-hybridized carbons (Fsp3) is 0.167. The van der Waals surface area contributed by atoms with Crippen LogP contribution in [0, 0.1) is 11.3 Å². The number of carbonyl (C=O) groups excluding carboxylic acids is 3. The first-order valence-corrected chi connectivity index (χ1v) is 14.5. The number of nitrogens with two attached hydrogens (primary N) is 1. The molecule has 0 amide bonds. The van der Waals surface area contributed by atoms with E-state index in [-0.39, 0.29) is 22.3 Å². The second kappa shape index (κ2) is 12.8. The largest absolute Gasteiger partial charge is 0.459 e. The van der Waals surface area contributed by atoms with Crippen LogP contribution in [0.5, 0.6) is 0 Å². The molecule has 3 aromatic rings. The van der Waals surface area contributed by atoms with Gasteiger partial charge in [0.15, 0.2) is 24.3 Å². The second-order valence-corrected chi connectivity index (χ2v) is 10.9. The lowest BCUT2D eigenvalue weighted by atomic mass is 10.1. The Labute approximate surface area is 251 Å². The van der Waals surface area contributed by atoms with E-state index >= 15 is 0 Å². The van der Waals surface area contributed by atoms with E-state index in [9.17, 15) is 28.1 Å². The van der Waals surface area contributed by atoms with Gasteiger partial charge in [-0.2, -0.15) is 13.7 Å². The van der Waals surface area contributed by atoms with Crippen LogP contribution in [0.2, 0.25) is 0 Å². The molecule has 13 nitrogen and oxygen atoms in total. The first kappa shape index (κ1) is 30.0. The van der Waals surface area contributed by atoms with Crippen LogP contribution in [0.15, 0.2) is 107 Å². The number of nitrogens with zero attached hydrogens (tertiary/aromatic N) is 3. The van der Waals surface area contributed by atoms with E-state index in [4.69, 9.17) is 24.7 Å². The third kappa shape index (κ3) is 6.43. The smallest absolute Gasteiger partial charge is 0.348 e. The highest BCUT2D eigenvalue weighted by Crippen LogP contribution is 2.34. The summed E-state index contributed by atoms with van der Waals surface area (Å²) >= 11 is 0. The van der Waals surface area contributed by atoms with E-state index in [0.717, 1.165) is 6.20 Å². The van der Waals surface area contributed by atoms with Gasteiger partial charge in [0.05, 0.1) is 16.7 Å². The molecule has 14 heteroatoms. The van der Waals surface area contributed by atoms with Crippen LogP contribution in [0.25, 0.3) is 0 Å². The maximum atomic E-state index is 13.2. The van der Waals surface area contributed by atoms with Crippen LogP contribution < -0.4 is 5.73 Å².